The highest BCUT2D eigenvalue weighted by molar-refractivity contribution is 9.10. The van der Waals surface area contributed by atoms with Crippen LogP contribution in [0.15, 0.2) is 45.8 Å². The zero-order valence-corrected chi connectivity index (χ0v) is 22.9. The highest BCUT2D eigenvalue weighted by Crippen LogP contribution is 3.02. The molecule has 1 unspecified atom stereocenters. The van der Waals surface area contributed by atoms with E-state index in [1.54, 1.807) is 13.1 Å². The number of aromatic nitrogens is 3. The first-order valence-corrected chi connectivity index (χ1v) is 14.7. The second-order valence-corrected chi connectivity index (χ2v) is 12.8. The van der Waals surface area contributed by atoms with Gasteiger partial charge in [-0.1, -0.05) is 41.4 Å². The van der Waals surface area contributed by atoms with E-state index in [0.717, 1.165) is 30.7 Å². The number of pyridine rings is 1. The molecule has 1 aliphatic carbocycles. The second-order valence-electron chi connectivity index (χ2n) is 9.50. The van der Waals surface area contributed by atoms with Crippen LogP contribution in [0.2, 0.25) is 0 Å². The molecule has 0 bridgehead atoms. The molecule has 13 heteroatoms. The SMILES string of the molecule is Cn1nc(CC(CC(=O)O)c2cc(Br)cc(S(F)(F)(F)(F)F)c2)cc1OCCc1ccc2c(n1)CCCC2. The van der Waals surface area contributed by atoms with Crippen LogP contribution >= 0.6 is 26.2 Å². The third-order valence-corrected chi connectivity index (χ3v) is 8.00. The van der Waals surface area contributed by atoms with E-state index in [1.165, 1.54) is 22.7 Å². The van der Waals surface area contributed by atoms with E-state index >= 15 is 0 Å². The zero-order chi connectivity index (χ0) is 27.8. The van der Waals surface area contributed by atoms with E-state index in [0.29, 0.717) is 36.7 Å². The maximum Gasteiger partial charge on any atom is 0.310 e. The summed E-state index contributed by atoms with van der Waals surface area (Å²) in [7, 11) is -8.36. The van der Waals surface area contributed by atoms with Crippen LogP contribution in [-0.4, -0.2) is 32.4 Å². The molecule has 1 aliphatic rings. The van der Waals surface area contributed by atoms with Gasteiger partial charge in [0, 0.05) is 35.4 Å². The summed E-state index contributed by atoms with van der Waals surface area (Å²) < 4.78 is 74.4. The molecule has 208 valence electrons. The van der Waals surface area contributed by atoms with Gasteiger partial charge in [-0.25, -0.2) is 4.68 Å². The molecule has 3 aromatic rings. The Morgan fingerprint density at radius 3 is 2.55 bits per heavy atom. The molecule has 1 N–H and O–H groups in total. The molecule has 0 amide bonds. The van der Waals surface area contributed by atoms with Gasteiger partial charge in [-0.3, -0.25) is 9.78 Å². The van der Waals surface area contributed by atoms with E-state index in [-0.39, 0.29) is 16.5 Å². The van der Waals surface area contributed by atoms with Crippen LogP contribution in [0.3, 0.4) is 0 Å². The van der Waals surface area contributed by atoms with Crippen molar-refractivity contribution in [1.29, 1.82) is 0 Å². The summed E-state index contributed by atoms with van der Waals surface area (Å²) in [6.45, 7) is 0.308. The van der Waals surface area contributed by atoms with Crippen molar-refractivity contribution >= 4 is 32.1 Å². The first kappa shape index (κ1) is 28.3. The Morgan fingerprint density at radius 1 is 1.11 bits per heavy atom. The molecule has 2 heterocycles. The van der Waals surface area contributed by atoms with E-state index in [9.17, 15) is 29.3 Å². The van der Waals surface area contributed by atoms with Crippen LogP contribution < -0.4 is 4.74 Å². The molecule has 0 radical (unpaired) electrons. The Kier molecular flexibility index (Phi) is 7.32. The smallest absolute Gasteiger partial charge is 0.310 e. The van der Waals surface area contributed by atoms with Crippen LogP contribution in [0.5, 0.6) is 5.88 Å². The molecular weight excluding hydrogens is 597 g/mol. The van der Waals surface area contributed by atoms with Gasteiger partial charge in [-0.15, -0.1) is 0 Å². The van der Waals surface area contributed by atoms with Gasteiger partial charge in [0.25, 0.3) is 0 Å². The molecule has 38 heavy (non-hydrogen) atoms. The standard InChI is InChI=1S/C25H27BrF5N3O3S/c1-34-24(37-9-8-20-7-6-16-4-2-3-5-23(16)32-20)15-21(33-34)11-18(13-25(35)36)17-10-19(26)14-22(12-17)38(27,28,29,30)31/h6-7,10,12,14-15,18H,2-5,8-9,11,13H2,1H3,(H,35,36). The Morgan fingerprint density at radius 2 is 1.84 bits per heavy atom. The number of halogens is 6. The average Bonchev–Trinajstić information content (AvgIpc) is 3.15. The molecular formula is C25H27BrF5N3O3S. The summed E-state index contributed by atoms with van der Waals surface area (Å²) in [5, 5.41) is 13.6. The Labute approximate surface area is 225 Å². The fourth-order valence-electron chi connectivity index (χ4n) is 4.58. The summed E-state index contributed by atoms with van der Waals surface area (Å²) in [5.41, 5.74) is 3.49. The predicted octanol–water partition coefficient (Wildman–Crippen LogP) is 7.54. The van der Waals surface area contributed by atoms with Crippen LogP contribution in [0.25, 0.3) is 0 Å². The number of aliphatic carboxylic acids is 1. The number of carboxylic acid groups (broad SMARTS) is 1. The lowest BCUT2D eigenvalue weighted by Gasteiger charge is -2.41. The van der Waals surface area contributed by atoms with E-state index in [4.69, 9.17) is 9.72 Å². The summed E-state index contributed by atoms with van der Waals surface area (Å²) in [6.07, 6.45) is 4.20. The van der Waals surface area contributed by atoms with Gasteiger partial charge in [0.05, 0.1) is 18.7 Å². The molecule has 0 fully saturated rings. The van der Waals surface area contributed by atoms with Crippen molar-refractivity contribution in [1.82, 2.24) is 14.8 Å². The fourth-order valence-corrected chi connectivity index (χ4v) is 5.95. The lowest BCUT2D eigenvalue weighted by Crippen LogP contribution is -2.12. The quantitative estimate of drug-likeness (QED) is 0.236. The van der Waals surface area contributed by atoms with Gasteiger partial charge in [0.1, 0.15) is 4.90 Å². The molecule has 0 saturated heterocycles. The Bertz CT molecular complexity index is 1370. The van der Waals surface area contributed by atoms with Crippen molar-refractivity contribution in [3.05, 3.63) is 69.1 Å². The monoisotopic (exact) mass is 623 g/mol. The molecule has 2 aromatic heterocycles. The van der Waals surface area contributed by atoms with E-state index in [2.05, 4.69) is 27.1 Å². The van der Waals surface area contributed by atoms with Crippen molar-refractivity contribution in [2.45, 2.75) is 55.8 Å². The summed E-state index contributed by atoms with van der Waals surface area (Å²) >= 11 is 2.85. The molecule has 0 spiro atoms. The van der Waals surface area contributed by atoms with Crippen molar-refractivity contribution in [3.63, 3.8) is 0 Å². The van der Waals surface area contributed by atoms with Crippen molar-refractivity contribution in [2.24, 2.45) is 7.05 Å². The fraction of sp³-hybridized carbons (Fsp3) is 0.400. The lowest BCUT2D eigenvalue weighted by atomic mass is 9.91. The Hall–Kier alpha value is -2.67. The van der Waals surface area contributed by atoms with Gasteiger partial charge in [0.2, 0.25) is 5.88 Å². The maximum atomic E-state index is 13.5. The van der Waals surface area contributed by atoms with Gasteiger partial charge in [-0.05, 0) is 73.4 Å². The van der Waals surface area contributed by atoms with Crippen LogP contribution in [0.4, 0.5) is 19.4 Å². The second kappa shape index (κ2) is 9.82. The number of hydrogen-bond acceptors (Lipinski definition) is 4. The van der Waals surface area contributed by atoms with Crippen molar-refractivity contribution in [3.8, 4) is 5.88 Å². The summed E-state index contributed by atoms with van der Waals surface area (Å²) in [5.74, 6) is -1.94. The molecule has 0 aliphatic heterocycles. The Balaban J connectivity index is 1.49. The van der Waals surface area contributed by atoms with Crippen LogP contribution in [0, 0.1) is 0 Å². The van der Waals surface area contributed by atoms with Crippen LogP contribution in [-0.2, 0) is 37.5 Å². The minimum Gasteiger partial charge on any atom is -0.481 e. The molecule has 0 saturated carbocycles. The third kappa shape index (κ3) is 7.25. The number of hydrogen-bond donors (Lipinski definition) is 1. The first-order valence-electron chi connectivity index (χ1n) is 12.0. The van der Waals surface area contributed by atoms with Gasteiger partial charge in [0.15, 0.2) is 0 Å². The number of carboxylic acids is 1. The topological polar surface area (TPSA) is 77.2 Å². The number of aryl methyl sites for hydroxylation is 3. The third-order valence-electron chi connectivity index (χ3n) is 6.42. The zero-order valence-electron chi connectivity index (χ0n) is 20.5. The number of benzene rings is 1. The molecule has 1 atom stereocenters. The average molecular weight is 624 g/mol. The lowest BCUT2D eigenvalue weighted by molar-refractivity contribution is -0.137. The number of carbonyl (C=O) groups is 1. The van der Waals surface area contributed by atoms with E-state index in [1.807, 2.05) is 6.07 Å². The highest BCUT2D eigenvalue weighted by atomic mass is 79.9. The minimum absolute atomic E-state index is 0.0912. The molecule has 1 aromatic carbocycles. The largest absolute Gasteiger partial charge is 0.481 e. The van der Waals surface area contributed by atoms with Crippen LogP contribution in [0.1, 0.15) is 53.4 Å². The predicted molar refractivity (Wildman–Crippen MR) is 138 cm³/mol. The normalized spacial score (nSPS) is 16.3. The van der Waals surface area contributed by atoms with Crippen molar-refractivity contribution in [2.75, 3.05) is 6.61 Å². The number of nitrogens with zero attached hydrogens (tertiary/aromatic N) is 3. The number of rotatable bonds is 10. The first-order chi connectivity index (χ1) is 17.6. The summed E-state index contributed by atoms with van der Waals surface area (Å²) in [4.78, 5) is 14.1. The highest BCUT2D eigenvalue weighted by Gasteiger charge is 2.65. The number of ether oxygens (including phenoxy) is 1. The van der Waals surface area contributed by atoms with Crippen molar-refractivity contribution < 1.29 is 34.1 Å². The molecule has 6 nitrogen and oxygen atoms in total. The summed E-state index contributed by atoms with van der Waals surface area (Å²) in [6, 6.07) is 7.49. The maximum absolute atomic E-state index is 13.5. The van der Waals surface area contributed by atoms with Gasteiger partial charge in [-0.2, -0.15) is 5.10 Å². The van der Waals surface area contributed by atoms with Gasteiger partial charge < -0.3 is 9.84 Å². The minimum atomic E-state index is -9.97. The number of fused-ring (bicyclic) bond motifs is 1. The van der Waals surface area contributed by atoms with E-state index < -0.39 is 33.4 Å². The van der Waals surface area contributed by atoms with Gasteiger partial charge >= 0.3 is 16.2 Å². The molecule has 4 rings (SSSR count).